The van der Waals surface area contributed by atoms with Gasteiger partial charge in [0.2, 0.25) is 10.0 Å². The number of ether oxygens (including phenoxy) is 1. The summed E-state index contributed by atoms with van der Waals surface area (Å²) in [6.07, 6.45) is 9.95. The molecule has 1 fully saturated rings. The fraction of sp³-hybridized carbons (Fsp3) is 0.524. The molecule has 3 aliphatic rings. The Labute approximate surface area is 187 Å². The fourth-order valence-corrected chi connectivity index (χ4v) is 5.41. The Hall–Kier alpha value is -2.63. The predicted octanol–water partition coefficient (Wildman–Crippen LogP) is 0.914. The van der Waals surface area contributed by atoms with Crippen LogP contribution in [0.1, 0.15) is 31.7 Å². The van der Waals surface area contributed by atoms with Crippen LogP contribution < -0.4 is 4.72 Å². The molecule has 1 aromatic heterocycles. The normalized spacial score (nSPS) is 22.3. The minimum atomic E-state index is -3.77. The first-order chi connectivity index (χ1) is 15.1. The Balaban J connectivity index is 1.68. The van der Waals surface area contributed by atoms with Crippen LogP contribution in [-0.4, -0.2) is 71.1 Å². The Morgan fingerprint density at radius 2 is 2.06 bits per heavy atom. The number of imide groups is 1. The number of sulfonamides is 1. The van der Waals surface area contributed by atoms with Crippen molar-refractivity contribution in [1.82, 2.24) is 19.4 Å². The molecule has 1 saturated carbocycles. The number of aromatic nitrogens is 2. The maximum Gasteiger partial charge on any atom is 0.501 e. The van der Waals surface area contributed by atoms with Crippen LogP contribution >= 0.6 is 0 Å². The van der Waals surface area contributed by atoms with Gasteiger partial charge in [0.15, 0.2) is 0 Å². The molecule has 1 aliphatic heterocycles. The molecule has 0 aromatic carbocycles. The van der Waals surface area contributed by atoms with E-state index in [1.165, 1.54) is 16.7 Å². The SMILES string of the molecule is COCCC[N+]1=C2C=CC(S(=O)(=O)NC3(C)CC3)=CC2C(=O)N(Cc2cnn(C)c2)C1=O. The van der Waals surface area contributed by atoms with Gasteiger partial charge in [0.25, 0.3) is 0 Å². The van der Waals surface area contributed by atoms with Gasteiger partial charge in [-0.3, -0.25) is 4.68 Å². The number of rotatable bonds is 9. The molecule has 172 valence electrons. The maximum atomic E-state index is 13.3. The second kappa shape index (κ2) is 8.38. The molecule has 1 unspecified atom stereocenters. The number of methoxy groups -OCH3 is 1. The molecular weight excluding hydrogens is 434 g/mol. The van der Waals surface area contributed by atoms with E-state index in [9.17, 15) is 18.0 Å². The van der Waals surface area contributed by atoms with Crippen molar-refractivity contribution in [2.45, 2.75) is 38.3 Å². The van der Waals surface area contributed by atoms with Crippen molar-refractivity contribution in [3.8, 4) is 0 Å². The standard InChI is InChI=1S/C21H28N5O5S/c1-21(7-8-21)23-32(29,30)16-5-6-18-17(11-16)19(27)26(14-15-12-22-24(2)13-15)20(28)25(18)9-4-10-31-3/h5-6,11-13,17,23H,4,7-10,14H2,1-3H3/q+1. The van der Waals surface area contributed by atoms with Crippen LogP contribution in [0.25, 0.3) is 0 Å². The highest BCUT2D eigenvalue weighted by atomic mass is 32.2. The van der Waals surface area contributed by atoms with E-state index in [0.29, 0.717) is 30.8 Å². The summed E-state index contributed by atoms with van der Waals surface area (Å²) in [5.41, 5.74) is 0.763. The molecule has 11 heteroatoms. The highest BCUT2D eigenvalue weighted by Crippen LogP contribution is 2.36. The zero-order valence-electron chi connectivity index (χ0n) is 18.4. The van der Waals surface area contributed by atoms with Gasteiger partial charge in [-0.1, -0.05) is 0 Å². The first kappa shape index (κ1) is 22.6. The van der Waals surface area contributed by atoms with Crippen molar-refractivity contribution in [3.05, 3.63) is 41.1 Å². The van der Waals surface area contributed by atoms with Gasteiger partial charge in [-0.05, 0) is 38.0 Å². The maximum absolute atomic E-state index is 13.3. The molecule has 2 heterocycles. The number of carbonyl (C=O) groups excluding carboxylic acids is 2. The van der Waals surface area contributed by atoms with Crippen molar-refractivity contribution < 1.29 is 27.3 Å². The number of urea groups is 1. The molecule has 1 atom stereocenters. The summed E-state index contributed by atoms with van der Waals surface area (Å²) in [5, 5.41) is 4.10. The summed E-state index contributed by atoms with van der Waals surface area (Å²) >= 11 is 0. The number of nitrogens with zero attached hydrogens (tertiary/aromatic N) is 4. The van der Waals surface area contributed by atoms with Gasteiger partial charge in [0.1, 0.15) is 18.2 Å². The fourth-order valence-electron chi connectivity index (χ4n) is 3.88. The van der Waals surface area contributed by atoms with E-state index in [0.717, 1.165) is 17.7 Å². The largest absolute Gasteiger partial charge is 0.501 e. The third-order valence-electron chi connectivity index (χ3n) is 5.89. The molecule has 2 aliphatic carbocycles. The Morgan fingerprint density at radius 3 is 2.69 bits per heavy atom. The first-order valence-corrected chi connectivity index (χ1v) is 12.0. The van der Waals surface area contributed by atoms with Crippen molar-refractivity contribution in [2.24, 2.45) is 13.0 Å². The van der Waals surface area contributed by atoms with Crippen LogP contribution in [0.5, 0.6) is 0 Å². The minimum absolute atomic E-state index is 0.0419. The summed E-state index contributed by atoms with van der Waals surface area (Å²) in [5.74, 6) is -1.32. The number of carbonyl (C=O) groups is 2. The summed E-state index contributed by atoms with van der Waals surface area (Å²) in [4.78, 5) is 27.8. The van der Waals surface area contributed by atoms with Gasteiger partial charge in [-0.2, -0.15) is 19.4 Å². The molecule has 0 radical (unpaired) electrons. The molecule has 0 spiro atoms. The molecule has 4 rings (SSSR count). The highest BCUT2D eigenvalue weighted by molar-refractivity contribution is 7.93. The second-order valence-electron chi connectivity index (χ2n) is 8.70. The molecule has 10 nitrogen and oxygen atoms in total. The van der Waals surface area contributed by atoms with E-state index >= 15 is 0 Å². The number of allylic oxidation sites excluding steroid dienone is 2. The lowest BCUT2D eigenvalue weighted by Crippen LogP contribution is -2.54. The van der Waals surface area contributed by atoms with Gasteiger partial charge < -0.3 is 4.74 Å². The molecular formula is C21H28N5O5S+. The quantitative estimate of drug-likeness (QED) is 0.431. The van der Waals surface area contributed by atoms with Gasteiger partial charge in [-0.15, -0.1) is 0 Å². The number of amides is 3. The lowest BCUT2D eigenvalue weighted by Gasteiger charge is -2.28. The Morgan fingerprint density at radius 1 is 1.31 bits per heavy atom. The van der Waals surface area contributed by atoms with E-state index in [1.807, 2.05) is 6.92 Å². The molecule has 1 aromatic rings. The molecule has 32 heavy (non-hydrogen) atoms. The summed E-state index contributed by atoms with van der Waals surface area (Å²) in [6.45, 7) is 2.73. The zero-order valence-corrected chi connectivity index (χ0v) is 19.3. The average Bonchev–Trinajstić information content (AvgIpc) is 3.31. The smallest absolute Gasteiger partial charge is 0.385 e. The number of hydrogen-bond acceptors (Lipinski definition) is 6. The molecule has 3 amide bonds. The third kappa shape index (κ3) is 4.45. The number of hydrogen-bond donors (Lipinski definition) is 1. The summed E-state index contributed by atoms with van der Waals surface area (Å²) in [7, 11) is -0.435. The zero-order chi connectivity index (χ0) is 23.1. The number of nitrogens with one attached hydrogen (secondary N) is 1. The average molecular weight is 463 g/mol. The van der Waals surface area contributed by atoms with Crippen LogP contribution in [0.3, 0.4) is 0 Å². The van der Waals surface area contributed by atoms with Crippen molar-refractivity contribution >= 4 is 27.7 Å². The van der Waals surface area contributed by atoms with Crippen LogP contribution in [0.4, 0.5) is 4.79 Å². The van der Waals surface area contributed by atoms with E-state index < -0.39 is 33.4 Å². The van der Waals surface area contributed by atoms with E-state index in [1.54, 1.807) is 37.3 Å². The van der Waals surface area contributed by atoms with Gasteiger partial charge >= 0.3 is 11.9 Å². The van der Waals surface area contributed by atoms with Crippen LogP contribution in [0, 0.1) is 5.92 Å². The molecule has 0 saturated heterocycles. The van der Waals surface area contributed by atoms with Crippen molar-refractivity contribution in [1.29, 1.82) is 0 Å². The lowest BCUT2D eigenvalue weighted by atomic mass is 9.94. The highest BCUT2D eigenvalue weighted by Gasteiger charge is 2.48. The minimum Gasteiger partial charge on any atom is -0.385 e. The van der Waals surface area contributed by atoms with E-state index in [4.69, 9.17) is 4.74 Å². The summed E-state index contributed by atoms with van der Waals surface area (Å²) in [6, 6.07) is -0.436. The van der Waals surface area contributed by atoms with Crippen LogP contribution in [0.2, 0.25) is 0 Å². The van der Waals surface area contributed by atoms with Gasteiger partial charge in [0.05, 0.1) is 17.6 Å². The van der Waals surface area contributed by atoms with Crippen molar-refractivity contribution in [2.75, 3.05) is 20.3 Å². The van der Waals surface area contributed by atoms with E-state index in [-0.39, 0.29) is 11.4 Å². The monoisotopic (exact) mass is 462 g/mol. The van der Waals surface area contributed by atoms with E-state index in [2.05, 4.69) is 9.82 Å². The lowest BCUT2D eigenvalue weighted by molar-refractivity contribution is -0.441. The second-order valence-corrected chi connectivity index (χ2v) is 10.4. The van der Waals surface area contributed by atoms with Gasteiger partial charge in [0, 0.05) is 44.5 Å². The van der Waals surface area contributed by atoms with Crippen LogP contribution in [0.15, 0.2) is 35.5 Å². The van der Waals surface area contributed by atoms with Crippen molar-refractivity contribution in [3.63, 3.8) is 0 Å². The van der Waals surface area contributed by atoms with Gasteiger partial charge in [-0.25, -0.2) is 17.9 Å². The summed E-state index contributed by atoms with van der Waals surface area (Å²) < 4.78 is 36.7. The predicted molar refractivity (Wildman–Crippen MR) is 116 cm³/mol. The Kier molecular flexibility index (Phi) is 5.91. The number of aryl methyl sites for hydroxylation is 1. The van der Waals surface area contributed by atoms with Crippen LogP contribution in [-0.2, 0) is 33.1 Å². The number of fused-ring (bicyclic) bond motifs is 1. The Bertz CT molecular complexity index is 1140. The third-order valence-corrected chi connectivity index (χ3v) is 7.55. The first-order valence-electron chi connectivity index (χ1n) is 10.5. The molecule has 1 N–H and O–H groups in total. The topological polar surface area (TPSA) is 114 Å². The molecule has 0 bridgehead atoms.